The van der Waals surface area contributed by atoms with E-state index in [2.05, 4.69) is 24.7 Å². The van der Waals surface area contributed by atoms with Crippen LogP contribution >= 0.6 is 0 Å². The van der Waals surface area contributed by atoms with Crippen molar-refractivity contribution >= 4 is 6.21 Å². The van der Waals surface area contributed by atoms with E-state index in [0.717, 1.165) is 24.8 Å². The predicted molar refractivity (Wildman–Crippen MR) is 50.5 cm³/mol. The van der Waals surface area contributed by atoms with E-state index in [1.807, 2.05) is 0 Å². The predicted octanol–water partition coefficient (Wildman–Crippen LogP) is 2.75. The molecule has 66 valence electrons. The highest BCUT2D eigenvalue weighted by Crippen LogP contribution is 2.27. The summed E-state index contributed by atoms with van der Waals surface area (Å²) in [5.41, 5.74) is 2.39. The Labute approximate surface area is 73.3 Å². The van der Waals surface area contributed by atoms with Crippen molar-refractivity contribution in [3.63, 3.8) is 0 Å². The topological polar surface area (TPSA) is 32.6 Å². The third-order valence-electron chi connectivity index (χ3n) is 2.37. The normalized spacial score (nSPS) is 24.1. The summed E-state index contributed by atoms with van der Waals surface area (Å²) in [5, 5.41) is 11.3. The zero-order chi connectivity index (χ0) is 8.97. The molecule has 0 aliphatic heterocycles. The lowest BCUT2D eigenvalue weighted by molar-refractivity contribution is 0.321. The lowest BCUT2D eigenvalue weighted by atomic mass is 9.86. The molecule has 0 unspecified atom stereocenters. The SMILES string of the molecule is C=C(C)[C@H]1CC=C(C=NO)CC1. The maximum atomic E-state index is 8.30. The second-order valence-electron chi connectivity index (χ2n) is 3.34. The average molecular weight is 165 g/mol. The van der Waals surface area contributed by atoms with Crippen LogP contribution < -0.4 is 0 Å². The molecule has 12 heavy (non-hydrogen) atoms. The Morgan fingerprint density at radius 1 is 1.83 bits per heavy atom. The summed E-state index contributed by atoms with van der Waals surface area (Å²) in [6.07, 6.45) is 6.82. The van der Waals surface area contributed by atoms with Crippen molar-refractivity contribution in [1.29, 1.82) is 0 Å². The minimum absolute atomic E-state index is 0.626. The van der Waals surface area contributed by atoms with Gasteiger partial charge in [-0.05, 0) is 37.7 Å². The Morgan fingerprint density at radius 3 is 3.00 bits per heavy atom. The lowest BCUT2D eigenvalue weighted by Gasteiger charge is -2.19. The summed E-state index contributed by atoms with van der Waals surface area (Å²) in [6, 6.07) is 0. The van der Waals surface area contributed by atoms with Crippen molar-refractivity contribution in [2.24, 2.45) is 11.1 Å². The number of allylic oxidation sites excluding steroid dienone is 3. The summed E-state index contributed by atoms with van der Waals surface area (Å²) in [7, 11) is 0. The lowest BCUT2D eigenvalue weighted by Crippen LogP contribution is -2.06. The van der Waals surface area contributed by atoms with E-state index < -0.39 is 0 Å². The first-order chi connectivity index (χ1) is 5.74. The molecule has 0 saturated carbocycles. The van der Waals surface area contributed by atoms with Crippen molar-refractivity contribution in [2.75, 3.05) is 0 Å². The molecule has 1 aliphatic rings. The highest BCUT2D eigenvalue weighted by molar-refractivity contribution is 5.78. The zero-order valence-corrected chi connectivity index (χ0v) is 7.45. The summed E-state index contributed by atoms with van der Waals surface area (Å²) in [6.45, 7) is 6.01. The molecule has 2 nitrogen and oxygen atoms in total. The van der Waals surface area contributed by atoms with Gasteiger partial charge in [0.2, 0.25) is 0 Å². The maximum Gasteiger partial charge on any atom is 0.0690 e. The Bertz CT molecular complexity index is 228. The summed E-state index contributed by atoms with van der Waals surface area (Å²) in [4.78, 5) is 0. The second-order valence-corrected chi connectivity index (χ2v) is 3.34. The van der Waals surface area contributed by atoms with Crippen LogP contribution in [0, 0.1) is 5.92 Å². The molecule has 1 rings (SSSR count). The average Bonchev–Trinajstić information content (AvgIpc) is 2.06. The molecule has 0 aromatic rings. The highest BCUT2D eigenvalue weighted by atomic mass is 16.4. The van der Waals surface area contributed by atoms with Crippen LogP contribution in [-0.4, -0.2) is 11.4 Å². The van der Waals surface area contributed by atoms with Crippen LogP contribution in [0.25, 0.3) is 0 Å². The van der Waals surface area contributed by atoms with Gasteiger partial charge < -0.3 is 5.21 Å². The van der Waals surface area contributed by atoms with Crippen molar-refractivity contribution in [3.05, 3.63) is 23.8 Å². The van der Waals surface area contributed by atoms with E-state index in [1.165, 1.54) is 11.8 Å². The van der Waals surface area contributed by atoms with Gasteiger partial charge in [0.25, 0.3) is 0 Å². The van der Waals surface area contributed by atoms with Gasteiger partial charge >= 0.3 is 0 Å². The third kappa shape index (κ3) is 2.22. The van der Waals surface area contributed by atoms with Gasteiger partial charge in [-0.1, -0.05) is 23.4 Å². The number of hydrogen-bond donors (Lipinski definition) is 1. The Morgan fingerprint density at radius 2 is 2.58 bits per heavy atom. The quantitative estimate of drug-likeness (QED) is 0.290. The zero-order valence-electron chi connectivity index (χ0n) is 7.45. The molecule has 1 aliphatic carbocycles. The third-order valence-corrected chi connectivity index (χ3v) is 2.37. The van der Waals surface area contributed by atoms with Gasteiger partial charge in [0.15, 0.2) is 0 Å². The smallest absolute Gasteiger partial charge is 0.0690 e. The Hall–Kier alpha value is -1.05. The molecule has 0 bridgehead atoms. The van der Waals surface area contributed by atoms with E-state index in [9.17, 15) is 0 Å². The molecule has 0 saturated heterocycles. The molecule has 0 spiro atoms. The van der Waals surface area contributed by atoms with E-state index >= 15 is 0 Å². The minimum atomic E-state index is 0.626. The molecule has 1 atom stereocenters. The van der Waals surface area contributed by atoms with Gasteiger partial charge in [-0.15, -0.1) is 0 Å². The van der Waals surface area contributed by atoms with Crippen LogP contribution in [0.5, 0.6) is 0 Å². The molecule has 0 aromatic carbocycles. The second kappa shape index (κ2) is 4.10. The van der Waals surface area contributed by atoms with E-state index in [1.54, 1.807) is 0 Å². The van der Waals surface area contributed by atoms with E-state index in [-0.39, 0.29) is 0 Å². The molecule has 0 fully saturated rings. The van der Waals surface area contributed by atoms with Crippen molar-refractivity contribution in [3.8, 4) is 0 Å². The summed E-state index contributed by atoms with van der Waals surface area (Å²) < 4.78 is 0. The number of hydrogen-bond acceptors (Lipinski definition) is 2. The van der Waals surface area contributed by atoms with Crippen LogP contribution in [0.1, 0.15) is 26.2 Å². The standard InChI is InChI=1S/C10H15NO/c1-8(2)10-5-3-9(4-6-10)7-11-12/h3,7,10,12H,1,4-6H2,2H3/t10-/m0/s1. The van der Waals surface area contributed by atoms with Gasteiger partial charge in [0, 0.05) is 0 Å². The Balaban J connectivity index is 2.53. The van der Waals surface area contributed by atoms with Crippen molar-refractivity contribution in [1.82, 2.24) is 0 Å². The molecule has 2 heteroatoms. The largest absolute Gasteiger partial charge is 0.411 e. The van der Waals surface area contributed by atoms with Gasteiger partial charge in [-0.3, -0.25) is 0 Å². The highest BCUT2D eigenvalue weighted by Gasteiger charge is 2.13. The molecule has 1 N–H and O–H groups in total. The monoisotopic (exact) mass is 165 g/mol. The molecular weight excluding hydrogens is 150 g/mol. The van der Waals surface area contributed by atoms with Crippen LogP contribution in [0.4, 0.5) is 0 Å². The van der Waals surface area contributed by atoms with Crippen molar-refractivity contribution < 1.29 is 5.21 Å². The first-order valence-electron chi connectivity index (χ1n) is 4.26. The van der Waals surface area contributed by atoms with Gasteiger partial charge in [0.05, 0.1) is 6.21 Å². The molecule has 0 radical (unpaired) electrons. The first kappa shape index (κ1) is 9.04. The van der Waals surface area contributed by atoms with Gasteiger partial charge in [0.1, 0.15) is 0 Å². The molecule has 0 aromatic heterocycles. The maximum absolute atomic E-state index is 8.30. The molecule has 0 amide bonds. The van der Waals surface area contributed by atoms with E-state index in [4.69, 9.17) is 5.21 Å². The van der Waals surface area contributed by atoms with Crippen LogP contribution in [0.3, 0.4) is 0 Å². The number of oxime groups is 1. The number of rotatable bonds is 2. The summed E-state index contributed by atoms with van der Waals surface area (Å²) >= 11 is 0. The molecular formula is C10H15NO. The summed E-state index contributed by atoms with van der Waals surface area (Å²) in [5.74, 6) is 0.626. The number of nitrogens with zero attached hydrogens (tertiary/aromatic N) is 1. The van der Waals surface area contributed by atoms with Gasteiger partial charge in [-0.25, -0.2) is 0 Å². The van der Waals surface area contributed by atoms with Crippen molar-refractivity contribution in [2.45, 2.75) is 26.2 Å². The van der Waals surface area contributed by atoms with Crippen LogP contribution in [-0.2, 0) is 0 Å². The fourth-order valence-corrected chi connectivity index (χ4v) is 1.49. The minimum Gasteiger partial charge on any atom is -0.411 e. The Kier molecular flexibility index (Phi) is 3.09. The van der Waals surface area contributed by atoms with E-state index in [0.29, 0.717) is 5.92 Å². The molecule has 0 heterocycles. The van der Waals surface area contributed by atoms with Crippen LogP contribution in [0.15, 0.2) is 29.0 Å². The van der Waals surface area contributed by atoms with Gasteiger partial charge in [-0.2, -0.15) is 0 Å². The fourth-order valence-electron chi connectivity index (χ4n) is 1.49. The van der Waals surface area contributed by atoms with Crippen LogP contribution in [0.2, 0.25) is 0 Å². The fraction of sp³-hybridized carbons (Fsp3) is 0.500. The first-order valence-corrected chi connectivity index (χ1v) is 4.26.